The van der Waals surface area contributed by atoms with Crippen LogP contribution in [0.5, 0.6) is 0 Å². The first-order valence-corrected chi connectivity index (χ1v) is 8.22. The van der Waals surface area contributed by atoms with E-state index in [1.165, 1.54) is 0 Å². The summed E-state index contributed by atoms with van der Waals surface area (Å²) in [5.74, 6) is -1.41. The van der Waals surface area contributed by atoms with Crippen molar-refractivity contribution in [3.63, 3.8) is 0 Å². The van der Waals surface area contributed by atoms with E-state index in [1.807, 2.05) is 24.3 Å². The van der Waals surface area contributed by atoms with Crippen molar-refractivity contribution in [1.29, 1.82) is 0 Å². The normalized spacial score (nSPS) is 19.8. The molecule has 0 N–H and O–H groups in total. The molecule has 1 aliphatic heterocycles. The van der Waals surface area contributed by atoms with Gasteiger partial charge in [0.2, 0.25) is 5.91 Å². The van der Waals surface area contributed by atoms with E-state index in [0.29, 0.717) is 4.90 Å². The van der Waals surface area contributed by atoms with Gasteiger partial charge in [0, 0.05) is 7.79 Å². The second-order valence-corrected chi connectivity index (χ2v) is 5.78. The van der Waals surface area contributed by atoms with Crippen molar-refractivity contribution in [2.45, 2.75) is 32.1 Å². The first-order valence-electron chi connectivity index (χ1n) is 8.79. The number of ether oxygens (including phenoxy) is 2. The van der Waals surface area contributed by atoms with Gasteiger partial charge in [-0.15, -0.1) is 0 Å². The number of amides is 2. The molecule has 2 amide bonds. The van der Waals surface area contributed by atoms with E-state index in [2.05, 4.69) is 0 Å². The van der Waals surface area contributed by atoms with E-state index in [9.17, 15) is 14.4 Å². The smallest absolute Gasteiger partial charge is 0.417 e. The maximum absolute atomic E-state index is 12.4. The van der Waals surface area contributed by atoms with E-state index in [4.69, 9.17) is 10.8 Å². The molecule has 134 valence electrons. The van der Waals surface area contributed by atoms with Gasteiger partial charge in [-0.2, -0.15) is 0 Å². The number of likely N-dealkylation sites (tertiary alicyclic amines) is 1. The third-order valence-electron chi connectivity index (χ3n) is 3.93. The Labute approximate surface area is 152 Å². The molecule has 0 aliphatic carbocycles. The second kappa shape index (κ2) is 8.29. The largest absolute Gasteiger partial charge is 0.459 e. The molecule has 2 aromatic rings. The van der Waals surface area contributed by atoms with Crippen molar-refractivity contribution < 1.29 is 25.2 Å². The Bertz CT molecular complexity index is 812. The van der Waals surface area contributed by atoms with Crippen LogP contribution in [0.2, 0.25) is 0 Å². The van der Waals surface area contributed by atoms with Crippen molar-refractivity contribution in [1.82, 2.24) is 4.90 Å². The molecule has 0 unspecified atom stereocenters. The molecule has 0 aromatic heterocycles. The highest BCUT2D eigenvalue weighted by atomic mass is 16.6. The quantitative estimate of drug-likeness (QED) is 0.772. The zero-order valence-corrected chi connectivity index (χ0v) is 14.0. The number of esters is 1. The number of carbonyl (C=O) groups is 3. The molecular weight excluding hydrogens is 334 g/mol. The molecule has 0 radical (unpaired) electrons. The molecule has 0 bridgehead atoms. The Morgan fingerprint density at radius 3 is 2.08 bits per heavy atom. The summed E-state index contributed by atoms with van der Waals surface area (Å²) in [6, 6.07) is 16.7. The Kier molecular flexibility index (Phi) is 5.21. The summed E-state index contributed by atoms with van der Waals surface area (Å²) >= 11 is 0. The first kappa shape index (κ1) is 16.3. The fourth-order valence-electron chi connectivity index (χ4n) is 2.59. The fourth-order valence-corrected chi connectivity index (χ4v) is 2.59. The van der Waals surface area contributed by atoms with Gasteiger partial charge in [0.15, 0.2) is 0 Å². The third kappa shape index (κ3) is 4.27. The minimum absolute atomic E-state index is 0.00396. The van der Waals surface area contributed by atoms with Crippen molar-refractivity contribution in [3.8, 4) is 0 Å². The van der Waals surface area contributed by atoms with Crippen LogP contribution in [-0.4, -0.2) is 28.9 Å². The minimum Gasteiger partial charge on any atom is -0.459 e. The predicted molar refractivity (Wildman–Crippen MR) is 92.7 cm³/mol. The van der Waals surface area contributed by atoms with E-state index < -0.39 is 30.4 Å². The Morgan fingerprint density at radius 2 is 1.50 bits per heavy atom. The van der Waals surface area contributed by atoms with Crippen molar-refractivity contribution in [3.05, 3.63) is 71.8 Å². The van der Waals surface area contributed by atoms with Crippen LogP contribution >= 0.6 is 0 Å². The highest BCUT2D eigenvalue weighted by Crippen LogP contribution is 2.22. The van der Waals surface area contributed by atoms with Gasteiger partial charge >= 0.3 is 12.1 Å². The van der Waals surface area contributed by atoms with Crippen LogP contribution < -0.4 is 0 Å². The molecule has 1 heterocycles. The van der Waals surface area contributed by atoms with E-state index in [0.717, 1.165) is 11.1 Å². The highest BCUT2D eigenvalue weighted by molar-refractivity contribution is 5.99. The topological polar surface area (TPSA) is 72.9 Å². The number of hydrogen-bond acceptors (Lipinski definition) is 5. The Hall–Kier alpha value is -3.15. The minimum atomic E-state index is -1.30. The lowest BCUT2D eigenvalue weighted by Crippen LogP contribution is -2.43. The molecule has 1 fully saturated rings. The van der Waals surface area contributed by atoms with Crippen LogP contribution in [0, 0.1) is 0 Å². The molecule has 26 heavy (non-hydrogen) atoms. The highest BCUT2D eigenvalue weighted by Gasteiger charge is 2.42. The number of nitrogens with zero attached hydrogens (tertiary/aromatic N) is 1. The van der Waals surface area contributed by atoms with Gasteiger partial charge in [-0.1, -0.05) is 60.7 Å². The molecule has 6 nitrogen and oxygen atoms in total. The third-order valence-corrected chi connectivity index (χ3v) is 3.93. The lowest BCUT2D eigenvalue weighted by molar-refractivity contribution is -0.152. The van der Waals surface area contributed by atoms with Gasteiger partial charge in [-0.25, -0.2) is 14.5 Å². The van der Waals surface area contributed by atoms with Gasteiger partial charge in [0.25, 0.3) is 0 Å². The van der Waals surface area contributed by atoms with Gasteiger partial charge in [-0.3, -0.25) is 4.79 Å². The molecule has 3 rings (SSSR count). The first-order chi connectivity index (χ1) is 13.1. The molecule has 1 saturated heterocycles. The SMILES string of the molecule is [2H][C@H]1CC(=O)N(C(=O)OCc2ccccc2)[C@@H]1C(=O)OCc1ccccc1. The van der Waals surface area contributed by atoms with Crippen LogP contribution in [0.4, 0.5) is 4.79 Å². The summed E-state index contributed by atoms with van der Waals surface area (Å²) in [7, 11) is 0. The summed E-state index contributed by atoms with van der Waals surface area (Å²) in [5, 5.41) is 0. The van der Waals surface area contributed by atoms with E-state index >= 15 is 0 Å². The van der Waals surface area contributed by atoms with E-state index in [1.54, 1.807) is 36.4 Å². The lowest BCUT2D eigenvalue weighted by Gasteiger charge is -2.21. The van der Waals surface area contributed by atoms with Crippen LogP contribution in [0.15, 0.2) is 60.7 Å². The standard InChI is InChI=1S/C20H19NO5/c22-18-12-11-17(19(23)25-13-15-7-3-1-4-8-15)21(18)20(24)26-14-16-9-5-2-6-10-16/h1-10,17H,11-14H2/t17-/m0/s1/i11D/t11-,17-. The number of rotatable bonds is 5. The van der Waals surface area contributed by atoms with Crippen LogP contribution in [-0.2, 0) is 32.3 Å². The summed E-state index contributed by atoms with van der Waals surface area (Å²) in [6.45, 7) is -0.0259. The summed E-state index contributed by atoms with van der Waals surface area (Å²) < 4.78 is 18.3. The van der Waals surface area contributed by atoms with Crippen molar-refractivity contribution in [2.24, 2.45) is 0 Å². The van der Waals surface area contributed by atoms with Gasteiger partial charge < -0.3 is 9.47 Å². The number of carbonyl (C=O) groups excluding carboxylic acids is 3. The fraction of sp³-hybridized carbons (Fsp3) is 0.250. The zero-order chi connectivity index (χ0) is 19.2. The predicted octanol–water partition coefficient (Wildman–Crippen LogP) is 3.06. The zero-order valence-electron chi connectivity index (χ0n) is 15.0. The molecule has 1 aliphatic rings. The second-order valence-electron chi connectivity index (χ2n) is 5.78. The molecule has 0 saturated carbocycles. The summed E-state index contributed by atoms with van der Waals surface area (Å²) in [5.41, 5.74) is 1.53. The summed E-state index contributed by atoms with van der Waals surface area (Å²) in [4.78, 5) is 37.6. The van der Waals surface area contributed by atoms with Gasteiger partial charge in [0.05, 0.1) is 0 Å². The van der Waals surface area contributed by atoms with Gasteiger partial charge in [0.1, 0.15) is 19.3 Å². The van der Waals surface area contributed by atoms with Crippen LogP contribution in [0.25, 0.3) is 0 Å². The molecule has 2 aromatic carbocycles. The number of hydrogen-bond donors (Lipinski definition) is 0. The maximum Gasteiger partial charge on any atom is 0.417 e. The van der Waals surface area contributed by atoms with Crippen molar-refractivity contribution in [2.75, 3.05) is 0 Å². The van der Waals surface area contributed by atoms with Crippen molar-refractivity contribution >= 4 is 18.0 Å². The Morgan fingerprint density at radius 1 is 0.962 bits per heavy atom. The molecule has 2 atom stereocenters. The average Bonchev–Trinajstić information content (AvgIpc) is 3.00. The summed E-state index contributed by atoms with van der Waals surface area (Å²) in [6.07, 6.45) is -2.25. The van der Waals surface area contributed by atoms with Crippen LogP contribution in [0.3, 0.4) is 0 Å². The van der Waals surface area contributed by atoms with Crippen LogP contribution in [0.1, 0.15) is 25.3 Å². The Balaban J connectivity index is 1.64. The van der Waals surface area contributed by atoms with Gasteiger partial charge in [-0.05, 0) is 17.5 Å². The van der Waals surface area contributed by atoms with E-state index in [-0.39, 0.29) is 19.6 Å². The monoisotopic (exact) mass is 354 g/mol. The molecule has 6 heteroatoms. The average molecular weight is 354 g/mol. The number of imide groups is 1. The molecular formula is C20H19NO5. The lowest BCUT2D eigenvalue weighted by atomic mass is 10.2. The molecule has 0 spiro atoms. The maximum atomic E-state index is 12.4. The number of benzene rings is 2.